The van der Waals surface area contributed by atoms with Crippen LogP contribution in [0.5, 0.6) is 0 Å². The lowest BCUT2D eigenvalue weighted by Gasteiger charge is -2.22. The molecule has 252 valence electrons. The molecule has 0 bridgehead atoms. The highest BCUT2D eigenvalue weighted by Crippen LogP contribution is 2.34. The number of carbonyl (C=O) groups excluding carboxylic acids is 3. The highest BCUT2D eigenvalue weighted by atomic mass is 16.6. The molecule has 5 rings (SSSR count). The molecule has 1 saturated heterocycles. The summed E-state index contributed by atoms with van der Waals surface area (Å²) in [6.07, 6.45) is -2.61. The van der Waals surface area contributed by atoms with Gasteiger partial charge in [0.05, 0.1) is 25.9 Å². The minimum Gasteiger partial charge on any atom is -0.457 e. The molecule has 0 aliphatic carbocycles. The number of cyclic esters (lactones) is 1. The molecule has 1 aliphatic heterocycles. The molecule has 0 spiro atoms. The zero-order chi connectivity index (χ0) is 34.0. The third-order valence-corrected chi connectivity index (χ3v) is 8.24. The number of aliphatic hydroxyl groups excluding tert-OH is 1. The van der Waals surface area contributed by atoms with Crippen LogP contribution >= 0.6 is 0 Å². The molecule has 10 nitrogen and oxygen atoms in total. The van der Waals surface area contributed by atoms with E-state index in [1.165, 1.54) is 7.11 Å². The maximum absolute atomic E-state index is 13.8. The average Bonchev–Trinajstić information content (AvgIpc) is 3.67. The van der Waals surface area contributed by atoms with Crippen molar-refractivity contribution in [3.63, 3.8) is 0 Å². The molecule has 2 amide bonds. The number of methoxy groups -OCH3 is 1. The van der Waals surface area contributed by atoms with Crippen molar-refractivity contribution < 1.29 is 42.9 Å². The molecule has 1 N–H and O–H groups in total. The van der Waals surface area contributed by atoms with Crippen LogP contribution in [-0.2, 0) is 36.8 Å². The van der Waals surface area contributed by atoms with Crippen molar-refractivity contribution in [2.75, 3.05) is 26.9 Å². The summed E-state index contributed by atoms with van der Waals surface area (Å²) in [5.74, 6) is -1.04. The van der Waals surface area contributed by atoms with Gasteiger partial charge in [-0.2, -0.15) is 0 Å². The Morgan fingerprint density at radius 3 is 2.40 bits per heavy atom. The van der Waals surface area contributed by atoms with E-state index in [1.54, 1.807) is 13.0 Å². The molecular formula is C38H41NO9. The normalized spacial score (nSPS) is 17.2. The van der Waals surface area contributed by atoms with Crippen molar-refractivity contribution in [2.24, 2.45) is 0 Å². The number of furan rings is 1. The molecule has 1 fully saturated rings. The van der Waals surface area contributed by atoms with E-state index in [2.05, 4.69) is 0 Å². The third kappa shape index (κ3) is 8.26. The lowest BCUT2D eigenvalue weighted by molar-refractivity contribution is -0.137. The van der Waals surface area contributed by atoms with Gasteiger partial charge in [-0.15, -0.1) is 0 Å². The number of ketones is 1. The smallest absolute Gasteiger partial charge is 0.417 e. The fourth-order valence-electron chi connectivity index (χ4n) is 5.71. The van der Waals surface area contributed by atoms with E-state index in [-0.39, 0.29) is 19.0 Å². The topological polar surface area (TPSA) is 125 Å². The van der Waals surface area contributed by atoms with Crippen molar-refractivity contribution in [3.8, 4) is 11.1 Å². The predicted molar refractivity (Wildman–Crippen MR) is 177 cm³/mol. The Morgan fingerprint density at radius 1 is 0.979 bits per heavy atom. The highest BCUT2D eigenvalue weighted by Gasteiger charge is 2.47. The molecule has 4 atom stereocenters. The van der Waals surface area contributed by atoms with Crippen LogP contribution < -0.4 is 0 Å². The van der Waals surface area contributed by atoms with Crippen molar-refractivity contribution in [1.29, 1.82) is 0 Å². The van der Waals surface area contributed by atoms with Crippen LogP contribution in [0.2, 0.25) is 0 Å². The van der Waals surface area contributed by atoms with Crippen molar-refractivity contribution in [2.45, 2.75) is 57.6 Å². The predicted octanol–water partition coefficient (Wildman–Crippen LogP) is 6.09. The van der Waals surface area contributed by atoms with Gasteiger partial charge < -0.3 is 28.5 Å². The Balaban J connectivity index is 1.26. The lowest BCUT2D eigenvalue weighted by atomic mass is 10.0. The van der Waals surface area contributed by atoms with Gasteiger partial charge in [0.15, 0.2) is 5.76 Å². The molecule has 2 heterocycles. The quantitative estimate of drug-likeness (QED) is 0.0868. The minimum atomic E-state index is -1.62. The number of amides is 2. The molecule has 4 unspecified atom stereocenters. The van der Waals surface area contributed by atoms with Crippen LogP contribution in [0.1, 0.15) is 52.5 Å². The molecule has 0 radical (unpaired) electrons. The van der Waals surface area contributed by atoms with Gasteiger partial charge in [0.1, 0.15) is 18.0 Å². The molecule has 1 aromatic heterocycles. The molecule has 0 saturated carbocycles. The van der Waals surface area contributed by atoms with Crippen LogP contribution in [0.15, 0.2) is 95.4 Å². The number of benzene rings is 3. The minimum absolute atomic E-state index is 0.0582. The van der Waals surface area contributed by atoms with E-state index < -0.39 is 42.1 Å². The summed E-state index contributed by atoms with van der Waals surface area (Å²) in [4.78, 5) is 41.2. The second-order valence-electron chi connectivity index (χ2n) is 11.7. The average molecular weight is 656 g/mol. The fourth-order valence-corrected chi connectivity index (χ4v) is 5.71. The second-order valence-corrected chi connectivity index (χ2v) is 11.7. The summed E-state index contributed by atoms with van der Waals surface area (Å²) in [5.41, 5.74) is 4.34. The molecule has 3 aromatic carbocycles. The Kier molecular flexibility index (Phi) is 11.9. The number of nitrogens with zero attached hydrogens (tertiary/aromatic N) is 1. The summed E-state index contributed by atoms with van der Waals surface area (Å²) in [6, 6.07) is 27.6. The van der Waals surface area contributed by atoms with Crippen molar-refractivity contribution in [1.82, 2.24) is 4.90 Å². The number of aryl methyl sites for hydroxylation is 2. The Morgan fingerprint density at radius 2 is 1.71 bits per heavy atom. The van der Waals surface area contributed by atoms with Gasteiger partial charge in [-0.25, -0.2) is 9.69 Å². The molecule has 1 aliphatic rings. The first-order valence-electron chi connectivity index (χ1n) is 16.0. The van der Waals surface area contributed by atoms with Crippen LogP contribution in [0, 0.1) is 6.92 Å². The van der Waals surface area contributed by atoms with Gasteiger partial charge in [0.2, 0.25) is 11.9 Å². The Labute approximate surface area is 280 Å². The van der Waals surface area contributed by atoms with Gasteiger partial charge in [-0.3, -0.25) is 9.59 Å². The first kappa shape index (κ1) is 34.7. The summed E-state index contributed by atoms with van der Waals surface area (Å²) in [7, 11) is 1.24. The molecule has 10 heteroatoms. The Bertz CT molecular complexity index is 1670. The zero-order valence-corrected chi connectivity index (χ0v) is 27.4. The summed E-state index contributed by atoms with van der Waals surface area (Å²) >= 11 is 0. The van der Waals surface area contributed by atoms with E-state index in [9.17, 15) is 19.5 Å². The van der Waals surface area contributed by atoms with E-state index >= 15 is 0 Å². The SMILES string of the molecule is COC(C(=O)c1cc(-c2cccc(C)c2)c(CCCOCC(CO)OCc2ccccc2)o1)C(=O)N1C(=O)OC(c2ccccc2)C1C. The summed E-state index contributed by atoms with van der Waals surface area (Å²) < 4.78 is 28.6. The number of carbonyl (C=O) groups is 3. The zero-order valence-electron chi connectivity index (χ0n) is 27.4. The molecule has 48 heavy (non-hydrogen) atoms. The maximum Gasteiger partial charge on any atom is 0.417 e. The number of rotatable bonds is 16. The van der Waals surface area contributed by atoms with Crippen molar-refractivity contribution >= 4 is 17.8 Å². The number of imide groups is 1. The van der Waals surface area contributed by atoms with E-state index in [1.807, 2.05) is 91.9 Å². The second kappa shape index (κ2) is 16.5. The summed E-state index contributed by atoms with van der Waals surface area (Å²) in [5, 5.41) is 9.73. The van der Waals surface area contributed by atoms with Crippen molar-refractivity contribution in [3.05, 3.63) is 119 Å². The van der Waals surface area contributed by atoms with E-state index in [0.29, 0.717) is 37.4 Å². The monoisotopic (exact) mass is 655 g/mol. The number of aliphatic hydroxyl groups is 1. The number of hydrogen-bond acceptors (Lipinski definition) is 9. The highest BCUT2D eigenvalue weighted by molar-refractivity contribution is 6.14. The van der Waals surface area contributed by atoms with E-state index in [0.717, 1.165) is 27.2 Å². The van der Waals surface area contributed by atoms with Gasteiger partial charge in [0, 0.05) is 25.7 Å². The number of hydrogen-bond donors (Lipinski definition) is 1. The van der Waals surface area contributed by atoms with Gasteiger partial charge >= 0.3 is 6.09 Å². The van der Waals surface area contributed by atoms with Gasteiger partial charge in [-0.1, -0.05) is 90.5 Å². The van der Waals surface area contributed by atoms with Crippen LogP contribution in [0.25, 0.3) is 11.1 Å². The molecular weight excluding hydrogens is 614 g/mol. The molecule has 4 aromatic rings. The summed E-state index contributed by atoms with van der Waals surface area (Å²) in [6.45, 7) is 4.44. The van der Waals surface area contributed by atoms with Crippen LogP contribution in [0.3, 0.4) is 0 Å². The van der Waals surface area contributed by atoms with Gasteiger partial charge in [0.25, 0.3) is 5.91 Å². The number of ether oxygens (including phenoxy) is 4. The standard InChI is InChI=1S/C38H41NO9/c1-25-12-10-17-29(20-25)31-21-33(47-32(31)18-11-19-45-24-30(22-40)46-23-27-13-6-4-7-14-27)34(41)36(44-3)37(42)39-26(2)35(48-38(39)43)28-15-8-5-9-16-28/h4-10,12-17,20-21,26,30,35-36,40H,11,18-19,22-24H2,1-3H3. The fraction of sp³-hybridized carbons (Fsp3) is 0.342. The third-order valence-electron chi connectivity index (χ3n) is 8.24. The lowest BCUT2D eigenvalue weighted by Crippen LogP contribution is -2.47. The van der Waals surface area contributed by atoms with Crippen LogP contribution in [0.4, 0.5) is 4.79 Å². The Hall–Kier alpha value is -4.61. The van der Waals surface area contributed by atoms with Crippen LogP contribution in [-0.4, -0.2) is 73.0 Å². The van der Waals surface area contributed by atoms with E-state index in [4.69, 9.17) is 23.4 Å². The maximum atomic E-state index is 13.8. The largest absolute Gasteiger partial charge is 0.457 e. The number of Topliss-reactive ketones (excluding diaryl/α,β-unsaturated/α-hetero) is 1. The first-order chi connectivity index (χ1) is 23.3. The van der Waals surface area contributed by atoms with Gasteiger partial charge in [-0.05, 0) is 43.0 Å². The first-order valence-corrected chi connectivity index (χ1v) is 16.0.